The molecule has 5 aromatic rings. The molecule has 0 heterocycles. The lowest BCUT2D eigenvalue weighted by Gasteiger charge is -2.10. The van der Waals surface area contributed by atoms with Gasteiger partial charge in [0.2, 0.25) is 5.91 Å². The van der Waals surface area contributed by atoms with Crippen LogP contribution in [-0.2, 0) is 14.2 Å². The number of benzene rings is 5. The van der Waals surface area contributed by atoms with E-state index in [0.717, 1.165) is 11.1 Å². The molecule has 0 fully saturated rings. The average Bonchev–Trinajstić information content (AvgIpc) is 3.04. The third-order valence-electron chi connectivity index (χ3n) is 6.66. The van der Waals surface area contributed by atoms with Crippen LogP contribution >= 0.6 is 12.0 Å². The molecule has 0 atom stereocenters. The molecule has 0 saturated carbocycles. The number of aromatic carboxylic acids is 1. The molecule has 0 spiro atoms. The highest BCUT2D eigenvalue weighted by Gasteiger charge is 2.16. The minimum atomic E-state index is -1.26. The van der Waals surface area contributed by atoms with Crippen molar-refractivity contribution >= 4 is 63.1 Å². The topological polar surface area (TPSA) is 195 Å². The van der Waals surface area contributed by atoms with Crippen molar-refractivity contribution in [1.29, 1.82) is 0 Å². The van der Waals surface area contributed by atoms with E-state index in [-0.39, 0.29) is 28.7 Å². The summed E-state index contributed by atoms with van der Waals surface area (Å²) in [5.74, 6) is -1.99. The van der Waals surface area contributed by atoms with Gasteiger partial charge in [-0.1, -0.05) is 29.3 Å². The number of nitrogens with one attached hydrogen (secondary N) is 1. The number of carboxylic acids is 1. The monoisotopic (exact) mass is 639 g/mol. The standard InChI is InChI=1S/C32H25N5O8S/c1-17-13-25(16-27(30(17)39)32(41)42)36-34-22-7-3-19(4-8-22)20-5-9-23(10-6-20)35-37-29-28(46-45-44-43)15-21-14-24(33-18(2)38)11-12-26(21)31(29)40/h3-16,39-40,43H,1-2H3,(H,33,38)(H,41,42). The van der Waals surface area contributed by atoms with Crippen LogP contribution in [0.5, 0.6) is 11.5 Å². The highest BCUT2D eigenvalue weighted by atomic mass is 32.2. The molecule has 0 aliphatic rings. The maximum Gasteiger partial charge on any atom is 0.339 e. The molecular formula is C32H25N5O8S. The molecule has 0 bridgehead atoms. The Hall–Kier alpha value is -5.67. The molecule has 1 amide bonds. The van der Waals surface area contributed by atoms with Crippen molar-refractivity contribution in [2.24, 2.45) is 20.5 Å². The Morgan fingerprint density at radius 1 is 0.761 bits per heavy atom. The summed E-state index contributed by atoms with van der Waals surface area (Å²) in [7, 11) is 0. The van der Waals surface area contributed by atoms with Gasteiger partial charge >= 0.3 is 5.97 Å². The summed E-state index contributed by atoms with van der Waals surface area (Å²) in [6, 6.07) is 23.8. The van der Waals surface area contributed by atoms with Gasteiger partial charge in [-0.3, -0.25) is 4.79 Å². The molecule has 0 radical (unpaired) electrons. The number of rotatable bonds is 10. The summed E-state index contributed by atoms with van der Waals surface area (Å²) in [5.41, 5.74) is 3.86. The van der Waals surface area contributed by atoms with Crippen LogP contribution in [0.25, 0.3) is 21.9 Å². The van der Waals surface area contributed by atoms with Gasteiger partial charge in [0.05, 0.1) is 34.0 Å². The first-order valence-electron chi connectivity index (χ1n) is 13.5. The number of phenolic OH excluding ortho intramolecular Hbond substituents is 1. The number of carbonyl (C=O) groups is 2. The van der Waals surface area contributed by atoms with E-state index in [9.17, 15) is 24.9 Å². The van der Waals surface area contributed by atoms with Crippen molar-refractivity contribution in [3.8, 4) is 22.6 Å². The van der Waals surface area contributed by atoms with Crippen molar-refractivity contribution in [2.75, 3.05) is 5.32 Å². The van der Waals surface area contributed by atoms with Gasteiger partial charge in [0.25, 0.3) is 0 Å². The number of carbonyl (C=O) groups excluding carboxylic acids is 1. The number of azo groups is 2. The summed E-state index contributed by atoms with van der Waals surface area (Å²) in [4.78, 5) is 23.1. The van der Waals surface area contributed by atoms with Gasteiger partial charge in [-0.15, -0.1) is 9.45 Å². The largest absolute Gasteiger partial charge is 0.507 e. The molecule has 0 saturated heterocycles. The van der Waals surface area contributed by atoms with Gasteiger partial charge in [-0.25, -0.2) is 10.1 Å². The van der Waals surface area contributed by atoms with E-state index in [1.54, 1.807) is 61.5 Å². The molecule has 5 N–H and O–H groups in total. The fourth-order valence-corrected chi connectivity index (χ4v) is 4.99. The number of nitrogens with zero attached hydrogens (tertiary/aromatic N) is 4. The van der Waals surface area contributed by atoms with E-state index in [0.29, 0.717) is 56.0 Å². The van der Waals surface area contributed by atoms with Crippen LogP contribution < -0.4 is 5.32 Å². The van der Waals surface area contributed by atoms with Crippen LogP contribution in [0.1, 0.15) is 22.8 Å². The predicted molar refractivity (Wildman–Crippen MR) is 171 cm³/mol. The Morgan fingerprint density at radius 2 is 1.37 bits per heavy atom. The average molecular weight is 640 g/mol. The lowest BCUT2D eigenvalue weighted by Crippen LogP contribution is -2.05. The van der Waals surface area contributed by atoms with Gasteiger partial charge < -0.3 is 20.6 Å². The summed E-state index contributed by atoms with van der Waals surface area (Å²) in [6.45, 7) is 2.97. The van der Waals surface area contributed by atoms with E-state index in [1.807, 2.05) is 24.3 Å². The van der Waals surface area contributed by atoms with E-state index < -0.39 is 5.97 Å². The Morgan fingerprint density at radius 3 is 1.96 bits per heavy atom. The number of phenols is 2. The highest BCUT2D eigenvalue weighted by Crippen LogP contribution is 2.44. The van der Waals surface area contributed by atoms with Gasteiger partial charge in [0.1, 0.15) is 17.0 Å². The number of carboxylic acid groups (broad SMARTS) is 1. The van der Waals surface area contributed by atoms with E-state index in [1.165, 1.54) is 13.0 Å². The van der Waals surface area contributed by atoms with Crippen molar-refractivity contribution in [3.05, 3.63) is 96.1 Å². The first-order chi connectivity index (χ1) is 22.1. The van der Waals surface area contributed by atoms with Crippen LogP contribution in [-0.4, -0.2) is 32.5 Å². The minimum Gasteiger partial charge on any atom is -0.507 e. The SMILES string of the molecule is CC(=O)Nc1ccc2c(O)c(N=Nc3ccc(-c4ccc(N=Nc5cc(C)c(O)c(C(=O)O)c5)cc4)cc3)c(SOOO)cc2c1. The second-order valence-electron chi connectivity index (χ2n) is 9.87. The van der Waals surface area contributed by atoms with Gasteiger partial charge in [-0.2, -0.15) is 15.3 Å². The predicted octanol–water partition coefficient (Wildman–Crippen LogP) is 9.14. The molecule has 0 aliphatic carbocycles. The molecule has 0 unspecified atom stereocenters. The third-order valence-corrected chi connectivity index (χ3v) is 7.28. The summed E-state index contributed by atoms with van der Waals surface area (Å²) in [6.07, 6.45) is 0. The third kappa shape index (κ3) is 7.34. The van der Waals surface area contributed by atoms with Crippen LogP contribution in [0.2, 0.25) is 0 Å². The number of anilines is 1. The zero-order valence-electron chi connectivity index (χ0n) is 24.2. The van der Waals surface area contributed by atoms with Gasteiger partial charge in [0.15, 0.2) is 5.75 Å². The number of hydrogen-bond acceptors (Lipinski definition) is 12. The molecule has 5 rings (SSSR count). The van der Waals surface area contributed by atoms with Crippen molar-refractivity contribution in [1.82, 2.24) is 0 Å². The maximum atomic E-state index is 11.4. The van der Waals surface area contributed by atoms with Crippen LogP contribution in [0.3, 0.4) is 0 Å². The normalized spacial score (nSPS) is 11.5. The molecule has 5 aromatic carbocycles. The van der Waals surface area contributed by atoms with E-state index in [2.05, 4.69) is 35.1 Å². The second-order valence-corrected chi connectivity index (χ2v) is 10.6. The first-order valence-corrected chi connectivity index (χ1v) is 14.2. The Kier molecular flexibility index (Phi) is 9.64. The molecule has 232 valence electrons. The van der Waals surface area contributed by atoms with Gasteiger partial charge in [-0.05, 0) is 89.7 Å². The smallest absolute Gasteiger partial charge is 0.339 e. The number of fused-ring (bicyclic) bond motifs is 1. The maximum absolute atomic E-state index is 11.4. The Bertz CT molecular complexity index is 2000. The number of hydrogen-bond donors (Lipinski definition) is 5. The van der Waals surface area contributed by atoms with Crippen molar-refractivity contribution < 1.29 is 39.5 Å². The lowest BCUT2D eigenvalue weighted by molar-refractivity contribution is -0.432. The second kappa shape index (κ2) is 14.0. The van der Waals surface area contributed by atoms with Crippen molar-refractivity contribution in [2.45, 2.75) is 18.7 Å². The number of amides is 1. The zero-order valence-corrected chi connectivity index (χ0v) is 25.0. The van der Waals surface area contributed by atoms with Crippen LogP contribution in [0, 0.1) is 6.92 Å². The van der Waals surface area contributed by atoms with E-state index >= 15 is 0 Å². The molecule has 14 heteroatoms. The van der Waals surface area contributed by atoms with E-state index in [4.69, 9.17) is 5.26 Å². The quantitative estimate of drug-likeness (QED) is 0.0428. The summed E-state index contributed by atoms with van der Waals surface area (Å²) >= 11 is 0.615. The molecular weight excluding hydrogens is 614 g/mol. The van der Waals surface area contributed by atoms with Crippen LogP contribution in [0.15, 0.2) is 110 Å². The lowest BCUT2D eigenvalue weighted by atomic mass is 10.1. The van der Waals surface area contributed by atoms with Gasteiger partial charge in [0, 0.05) is 18.0 Å². The van der Waals surface area contributed by atoms with Crippen LogP contribution in [0.4, 0.5) is 28.4 Å². The molecule has 13 nitrogen and oxygen atoms in total. The summed E-state index contributed by atoms with van der Waals surface area (Å²) < 4.78 is 4.59. The Balaban J connectivity index is 1.33. The minimum absolute atomic E-state index is 0.0808. The molecule has 0 aromatic heterocycles. The Labute approximate surface area is 265 Å². The zero-order chi connectivity index (χ0) is 32.8. The molecule has 0 aliphatic heterocycles. The fraction of sp³-hybridized carbons (Fsp3) is 0.0625. The number of aromatic hydroxyl groups is 2. The van der Waals surface area contributed by atoms with Crippen molar-refractivity contribution in [3.63, 3.8) is 0 Å². The fourth-order valence-electron chi connectivity index (χ4n) is 4.49. The first kappa shape index (κ1) is 31.7. The number of aryl methyl sites for hydroxylation is 1. The highest BCUT2D eigenvalue weighted by molar-refractivity contribution is 7.94. The molecule has 46 heavy (non-hydrogen) atoms. The summed E-state index contributed by atoms with van der Waals surface area (Å²) in [5, 5.41) is 63.1.